The molecular weight excluding hydrogens is 240 g/mol. The van der Waals surface area contributed by atoms with E-state index in [2.05, 4.69) is 24.3 Å². The van der Waals surface area contributed by atoms with Gasteiger partial charge < -0.3 is 14.3 Å². The Morgan fingerprint density at radius 1 is 1.32 bits per heavy atom. The van der Waals surface area contributed by atoms with Crippen LogP contribution in [0.1, 0.15) is 49.1 Å². The first-order valence-electron chi connectivity index (χ1n) is 6.79. The van der Waals surface area contributed by atoms with Gasteiger partial charge in [-0.1, -0.05) is 5.16 Å². The molecule has 4 nitrogen and oxygen atoms in total. The summed E-state index contributed by atoms with van der Waals surface area (Å²) in [5, 5.41) is 7.59. The van der Waals surface area contributed by atoms with Gasteiger partial charge in [0.2, 0.25) is 0 Å². The van der Waals surface area contributed by atoms with Crippen LogP contribution in [0.2, 0.25) is 0 Å². The third-order valence-electron chi connectivity index (χ3n) is 3.46. The zero-order chi connectivity index (χ0) is 13.8. The lowest BCUT2D eigenvalue weighted by atomic mass is 10.0. The second-order valence-corrected chi connectivity index (χ2v) is 5.15. The molecule has 104 valence electrons. The Balaban J connectivity index is 1.86. The third-order valence-corrected chi connectivity index (χ3v) is 3.46. The smallest absolute Gasteiger partial charge is 0.138 e. The lowest BCUT2D eigenvalue weighted by molar-refractivity contribution is 0.387. The Labute approximate surface area is 114 Å². The van der Waals surface area contributed by atoms with Crippen molar-refractivity contribution in [2.75, 3.05) is 0 Å². The first kappa shape index (κ1) is 13.9. The molecule has 0 aliphatic carbocycles. The molecule has 0 spiro atoms. The molecule has 0 amide bonds. The van der Waals surface area contributed by atoms with Crippen molar-refractivity contribution < 1.29 is 8.94 Å². The predicted molar refractivity (Wildman–Crippen MR) is 74.0 cm³/mol. The van der Waals surface area contributed by atoms with Crippen LogP contribution in [0, 0.1) is 13.8 Å². The van der Waals surface area contributed by atoms with Crippen molar-refractivity contribution >= 4 is 0 Å². The van der Waals surface area contributed by atoms with Gasteiger partial charge in [-0.2, -0.15) is 0 Å². The van der Waals surface area contributed by atoms with E-state index in [-0.39, 0.29) is 6.04 Å². The molecule has 2 heterocycles. The number of furan rings is 1. The minimum Gasteiger partial charge on any atom is -0.469 e. The van der Waals surface area contributed by atoms with Crippen LogP contribution in [0.3, 0.4) is 0 Å². The Hall–Kier alpha value is -1.55. The number of aromatic nitrogens is 1. The van der Waals surface area contributed by atoms with E-state index in [4.69, 9.17) is 8.94 Å². The van der Waals surface area contributed by atoms with E-state index in [0.29, 0.717) is 6.04 Å². The maximum Gasteiger partial charge on any atom is 0.138 e. The summed E-state index contributed by atoms with van der Waals surface area (Å²) in [5.41, 5.74) is 2.14. The summed E-state index contributed by atoms with van der Waals surface area (Å²) in [6.45, 7) is 8.28. The Bertz CT molecular complexity index is 483. The summed E-state index contributed by atoms with van der Waals surface area (Å²) in [5.74, 6) is 1.94. The van der Waals surface area contributed by atoms with E-state index in [1.807, 2.05) is 26.0 Å². The highest BCUT2D eigenvalue weighted by atomic mass is 16.5. The van der Waals surface area contributed by atoms with E-state index < -0.39 is 0 Å². The number of nitrogens with one attached hydrogen (secondary N) is 1. The van der Waals surface area contributed by atoms with Crippen LogP contribution in [0.4, 0.5) is 0 Å². The van der Waals surface area contributed by atoms with Crippen molar-refractivity contribution in [3.05, 3.63) is 41.2 Å². The van der Waals surface area contributed by atoms with Gasteiger partial charge in [0.05, 0.1) is 12.0 Å². The predicted octanol–water partition coefficient (Wildman–Crippen LogP) is 3.56. The third kappa shape index (κ3) is 3.47. The molecule has 4 heteroatoms. The molecule has 0 aromatic carbocycles. The summed E-state index contributed by atoms with van der Waals surface area (Å²) in [6.07, 6.45) is 3.72. The molecule has 0 aliphatic heterocycles. The molecule has 0 bridgehead atoms. The molecular formula is C15H22N2O2. The van der Waals surface area contributed by atoms with E-state index in [1.165, 1.54) is 5.56 Å². The summed E-state index contributed by atoms with van der Waals surface area (Å²) in [4.78, 5) is 0. The van der Waals surface area contributed by atoms with Crippen molar-refractivity contribution in [1.29, 1.82) is 0 Å². The average Bonchev–Trinajstić information content (AvgIpc) is 2.97. The normalized spacial score (nSPS) is 14.5. The fourth-order valence-corrected chi connectivity index (χ4v) is 2.52. The van der Waals surface area contributed by atoms with Crippen LogP contribution >= 0.6 is 0 Å². The van der Waals surface area contributed by atoms with Crippen LogP contribution in [0.5, 0.6) is 0 Å². The van der Waals surface area contributed by atoms with Gasteiger partial charge in [-0.25, -0.2) is 0 Å². The van der Waals surface area contributed by atoms with Crippen LogP contribution in [-0.4, -0.2) is 11.2 Å². The summed E-state index contributed by atoms with van der Waals surface area (Å²) >= 11 is 0. The van der Waals surface area contributed by atoms with Gasteiger partial charge >= 0.3 is 0 Å². The molecule has 0 aliphatic rings. The molecule has 2 rings (SSSR count). The van der Waals surface area contributed by atoms with Crippen molar-refractivity contribution in [3.8, 4) is 0 Å². The summed E-state index contributed by atoms with van der Waals surface area (Å²) in [7, 11) is 0. The van der Waals surface area contributed by atoms with Gasteiger partial charge in [-0.05, 0) is 46.2 Å². The molecule has 0 radical (unpaired) electrons. The zero-order valence-corrected chi connectivity index (χ0v) is 12.1. The SMILES string of the molecule is Cc1noc(C)c1C(C)NC(C)CCc1ccco1. The second kappa shape index (κ2) is 6.06. The standard InChI is InChI=1S/C15H22N2O2/c1-10(7-8-14-6-5-9-18-14)16-11(2)15-12(3)17-19-13(15)4/h5-6,9-11,16H,7-8H2,1-4H3. The molecule has 0 saturated carbocycles. The monoisotopic (exact) mass is 262 g/mol. The Morgan fingerprint density at radius 3 is 2.68 bits per heavy atom. The van der Waals surface area contributed by atoms with E-state index >= 15 is 0 Å². The first-order valence-corrected chi connectivity index (χ1v) is 6.79. The molecule has 2 aromatic rings. The molecule has 2 aromatic heterocycles. The fourth-order valence-electron chi connectivity index (χ4n) is 2.52. The van der Waals surface area contributed by atoms with E-state index in [1.54, 1.807) is 6.26 Å². The number of hydrogen-bond acceptors (Lipinski definition) is 4. The van der Waals surface area contributed by atoms with Gasteiger partial charge in [0, 0.05) is 24.1 Å². The van der Waals surface area contributed by atoms with E-state index in [9.17, 15) is 0 Å². The topological polar surface area (TPSA) is 51.2 Å². The summed E-state index contributed by atoms with van der Waals surface area (Å²) < 4.78 is 10.6. The minimum atomic E-state index is 0.248. The molecule has 19 heavy (non-hydrogen) atoms. The minimum absolute atomic E-state index is 0.248. The van der Waals surface area contributed by atoms with Gasteiger partial charge in [-0.15, -0.1) is 0 Å². The van der Waals surface area contributed by atoms with Crippen LogP contribution in [0.15, 0.2) is 27.3 Å². The lowest BCUT2D eigenvalue weighted by Gasteiger charge is -2.19. The van der Waals surface area contributed by atoms with Gasteiger partial charge in [0.1, 0.15) is 11.5 Å². The lowest BCUT2D eigenvalue weighted by Crippen LogP contribution is -2.29. The van der Waals surface area contributed by atoms with Crippen molar-refractivity contribution in [1.82, 2.24) is 10.5 Å². The number of nitrogens with zero attached hydrogens (tertiary/aromatic N) is 1. The van der Waals surface area contributed by atoms with Crippen molar-refractivity contribution in [3.63, 3.8) is 0 Å². The van der Waals surface area contributed by atoms with Crippen molar-refractivity contribution in [2.24, 2.45) is 0 Å². The van der Waals surface area contributed by atoms with Gasteiger partial charge in [0.25, 0.3) is 0 Å². The van der Waals surface area contributed by atoms with Gasteiger partial charge in [-0.3, -0.25) is 0 Å². The van der Waals surface area contributed by atoms with E-state index in [0.717, 1.165) is 30.1 Å². The van der Waals surface area contributed by atoms with Gasteiger partial charge in [0.15, 0.2) is 0 Å². The molecule has 0 saturated heterocycles. The Kier molecular flexibility index (Phi) is 4.43. The number of aryl methyl sites for hydroxylation is 3. The maximum atomic E-state index is 5.35. The largest absolute Gasteiger partial charge is 0.469 e. The highest BCUT2D eigenvalue weighted by molar-refractivity contribution is 5.24. The first-order chi connectivity index (χ1) is 9.08. The summed E-state index contributed by atoms with van der Waals surface area (Å²) in [6, 6.07) is 4.61. The Morgan fingerprint density at radius 2 is 2.11 bits per heavy atom. The number of hydrogen-bond donors (Lipinski definition) is 1. The van der Waals surface area contributed by atoms with Crippen LogP contribution in [0.25, 0.3) is 0 Å². The molecule has 1 N–H and O–H groups in total. The van der Waals surface area contributed by atoms with Crippen LogP contribution in [-0.2, 0) is 6.42 Å². The second-order valence-electron chi connectivity index (χ2n) is 5.15. The highest BCUT2D eigenvalue weighted by Crippen LogP contribution is 2.21. The highest BCUT2D eigenvalue weighted by Gasteiger charge is 2.17. The fraction of sp³-hybridized carbons (Fsp3) is 0.533. The molecule has 0 fully saturated rings. The maximum absolute atomic E-state index is 5.35. The van der Waals surface area contributed by atoms with Crippen molar-refractivity contribution in [2.45, 2.75) is 52.6 Å². The quantitative estimate of drug-likeness (QED) is 0.864. The zero-order valence-electron chi connectivity index (χ0n) is 12.1. The average molecular weight is 262 g/mol. The number of rotatable bonds is 6. The molecule has 2 unspecified atom stereocenters. The van der Waals surface area contributed by atoms with Crippen LogP contribution < -0.4 is 5.32 Å². The molecule has 2 atom stereocenters.